The van der Waals surface area contributed by atoms with E-state index in [1.807, 2.05) is 18.7 Å². The van der Waals surface area contributed by atoms with Crippen molar-refractivity contribution in [1.82, 2.24) is 9.78 Å². The maximum absolute atomic E-state index is 6.03. The minimum atomic E-state index is 0.775. The SMILES string of the molecule is Cc1ccc(Sc2c(N)c(C)nn2C)c(C)c1. The molecule has 0 saturated heterocycles. The number of rotatable bonds is 2. The molecule has 2 aromatic rings. The Morgan fingerprint density at radius 2 is 1.94 bits per heavy atom. The van der Waals surface area contributed by atoms with Gasteiger partial charge in [-0.25, -0.2) is 0 Å². The lowest BCUT2D eigenvalue weighted by molar-refractivity contribution is 0.693. The van der Waals surface area contributed by atoms with Crippen molar-refractivity contribution in [2.24, 2.45) is 7.05 Å². The molecule has 0 fully saturated rings. The van der Waals surface area contributed by atoms with Crippen LogP contribution < -0.4 is 5.73 Å². The fourth-order valence-corrected chi connectivity index (χ4v) is 2.79. The molecule has 0 aliphatic carbocycles. The van der Waals surface area contributed by atoms with Crippen LogP contribution in [0.4, 0.5) is 5.69 Å². The summed E-state index contributed by atoms with van der Waals surface area (Å²) in [4.78, 5) is 1.23. The molecule has 2 rings (SSSR count). The molecule has 0 aliphatic rings. The summed E-state index contributed by atoms with van der Waals surface area (Å²) < 4.78 is 1.84. The van der Waals surface area contributed by atoms with E-state index in [0.717, 1.165) is 16.4 Å². The Bertz CT molecular complexity index is 558. The monoisotopic (exact) mass is 247 g/mol. The van der Waals surface area contributed by atoms with Crippen LogP contribution in [0, 0.1) is 20.8 Å². The Labute approximate surface area is 106 Å². The van der Waals surface area contributed by atoms with E-state index in [9.17, 15) is 0 Å². The highest BCUT2D eigenvalue weighted by molar-refractivity contribution is 7.99. The largest absolute Gasteiger partial charge is 0.395 e. The van der Waals surface area contributed by atoms with Crippen molar-refractivity contribution in [2.45, 2.75) is 30.7 Å². The smallest absolute Gasteiger partial charge is 0.122 e. The highest BCUT2D eigenvalue weighted by Crippen LogP contribution is 2.35. The molecule has 0 bridgehead atoms. The molecule has 2 N–H and O–H groups in total. The van der Waals surface area contributed by atoms with Gasteiger partial charge in [0, 0.05) is 11.9 Å². The molecule has 1 aromatic heterocycles. The van der Waals surface area contributed by atoms with E-state index in [1.54, 1.807) is 11.8 Å². The Kier molecular flexibility index (Phi) is 3.15. The predicted octanol–water partition coefficient (Wildman–Crippen LogP) is 3.08. The molecule has 3 nitrogen and oxygen atoms in total. The summed E-state index contributed by atoms with van der Waals surface area (Å²) in [5.74, 6) is 0. The fraction of sp³-hybridized carbons (Fsp3) is 0.308. The van der Waals surface area contributed by atoms with Gasteiger partial charge in [0.15, 0.2) is 0 Å². The van der Waals surface area contributed by atoms with Gasteiger partial charge in [-0.3, -0.25) is 4.68 Å². The molecular formula is C13H17N3S. The highest BCUT2D eigenvalue weighted by Gasteiger charge is 2.12. The fourth-order valence-electron chi connectivity index (χ4n) is 1.79. The Balaban J connectivity index is 2.38. The number of anilines is 1. The number of benzene rings is 1. The maximum Gasteiger partial charge on any atom is 0.122 e. The van der Waals surface area contributed by atoms with Crippen molar-refractivity contribution < 1.29 is 0 Å². The average Bonchev–Trinajstić information content (AvgIpc) is 2.48. The zero-order valence-corrected chi connectivity index (χ0v) is 11.4. The van der Waals surface area contributed by atoms with Crippen LogP contribution in [0.1, 0.15) is 16.8 Å². The van der Waals surface area contributed by atoms with Crippen molar-refractivity contribution >= 4 is 17.4 Å². The van der Waals surface area contributed by atoms with E-state index < -0.39 is 0 Å². The molecule has 0 radical (unpaired) electrons. The van der Waals surface area contributed by atoms with Crippen molar-refractivity contribution in [2.75, 3.05) is 5.73 Å². The first-order valence-electron chi connectivity index (χ1n) is 5.53. The number of aromatic nitrogens is 2. The van der Waals surface area contributed by atoms with Crippen LogP contribution in [0.15, 0.2) is 28.1 Å². The first-order chi connectivity index (χ1) is 7.99. The standard InChI is InChI=1S/C13H17N3S/c1-8-5-6-11(9(2)7-8)17-13-12(14)10(3)15-16(13)4/h5-7H,14H2,1-4H3. The molecule has 90 valence electrons. The average molecular weight is 247 g/mol. The summed E-state index contributed by atoms with van der Waals surface area (Å²) >= 11 is 1.67. The van der Waals surface area contributed by atoms with Crippen LogP contribution in [0.3, 0.4) is 0 Å². The van der Waals surface area contributed by atoms with E-state index in [0.29, 0.717) is 0 Å². The lowest BCUT2D eigenvalue weighted by Gasteiger charge is -2.07. The summed E-state index contributed by atoms with van der Waals surface area (Å²) in [6.45, 7) is 6.15. The van der Waals surface area contributed by atoms with E-state index >= 15 is 0 Å². The summed E-state index contributed by atoms with van der Waals surface area (Å²) in [5, 5.41) is 5.33. The summed E-state index contributed by atoms with van der Waals surface area (Å²) in [6.07, 6.45) is 0. The third kappa shape index (κ3) is 2.31. The zero-order chi connectivity index (χ0) is 12.6. The summed E-state index contributed by atoms with van der Waals surface area (Å²) in [7, 11) is 1.93. The molecule has 4 heteroatoms. The van der Waals surface area contributed by atoms with Gasteiger partial charge in [-0.1, -0.05) is 29.5 Å². The molecule has 17 heavy (non-hydrogen) atoms. The number of aryl methyl sites for hydroxylation is 4. The van der Waals surface area contributed by atoms with Gasteiger partial charge in [0.1, 0.15) is 5.03 Å². The van der Waals surface area contributed by atoms with Gasteiger partial charge in [0.2, 0.25) is 0 Å². The van der Waals surface area contributed by atoms with Crippen LogP contribution in [0.25, 0.3) is 0 Å². The minimum Gasteiger partial charge on any atom is -0.395 e. The van der Waals surface area contributed by atoms with Gasteiger partial charge in [0.05, 0.1) is 11.4 Å². The van der Waals surface area contributed by atoms with Crippen molar-refractivity contribution in [3.05, 3.63) is 35.0 Å². The molecule has 0 atom stereocenters. The molecule has 1 aromatic carbocycles. The molecule has 1 heterocycles. The Morgan fingerprint density at radius 1 is 1.24 bits per heavy atom. The quantitative estimate of drug-likeness (QED) is 0.887. The minimum absolute atomic E-state index is 0.775. The van der Waals surface area contributed by atoms with Crippen molar-refractivity contribution in [3.63, 3.8) is 0 Å². The number of nitrogens with two attached hydrogens (primary N) is 1. The number of hydrogen-bond acceptors (Lipinski definition) is 3. The first kappa shape index (κ1) is 12.0. The van der Waals surface area contributed by atoms with Crippen LogP contribution in [0.5, 0.6) is 0 Å². The van der Waals surface area contributed by atoms with Gasteiger partial charge in [-0.05, 0) is 32.4 Å². The lowest BCUT2D eigenvalue weighted by atomic mass is 10.2. The topological polar surface area (TPSA) is 43.8 Å². The van der Waals surface area contributed by atoms with E-state index in [1.165, 1.54) is 16.0 Å². The summed E-state index contributed by atoms with van der Waals surface area (Å²) in [5.41, 5.74) is 10.2. The van der Waals surface area contributed by atoms with Crippen molar-refractivity contribution in [3.8, 4) is 0 Å². The van der Waals surface area contributed by atoms with E-state index in [4.69, 9.17) is 5.73 Å². The van der Waals surface area contributed by atoms with E-state index in [2.05, 4.69) is 37.1 Å². The summed E-state index contributed by atoms with van der Waals surface area (Å²) in [6, 6.07) is 6.44. The molecule has 0 unspecified atom stereocenters. The van der Waals surface area contributed by atoms with Crippen LogP contribution in [-0.4, -0.2) is 9.78 Å². The number of hydrogen-bond donors (Lipinski definition) is 1. The number of nitrogen functional groups attached to an aromatic ring is 1. The van der Waals surface area contributed by atoms with Crippen molar-refractivity contribution in [1.29, 1.82) is 0 Å². The normalized spacial score (nSPS) is 10.8. The Hall–Kier alpha value is -1.42. The molecule has 0 spiro atoms. The zero-order valence-electron chi connectivity index (χ0n) is 10.6. The van der Waals surface area contributed by atoms with E-state index in [-0.39, 0.29) is 0 Å². The van der Waals surface area contributed by atoms with Gasteiger partial charge >= 0.3 is 0 Å². The molecule has 0 saturated carbocycles. The second-order valence-electron chi connectivity index (χ2n) is 4.30. The van der Waals surface area contributed by atoms with Gasteiger partial charge < -0.3 is 5.73 Å². The van der Waals surface area contributed by atoms with Gasteiger partial charge in [-0.2, -0.15) is 5.10 Å². The third-order valence-corrected chi connectivity index (χ3v) is 4.11. The van der Waals surface area contributed by atoms with Crippen LogP contribution >= 0.6 is 11.8 Å². The molecule has 0 amide bonds. The maximum atomic E-state index is 6.03. The first-order valence-corrected chi connectivity index (χ1v) is 6.35. The second kappa shape index (κ2) is 4.45. The van der Waals surface area contributed by atoms with Gasteiger partial charge in [0.25, 0.3) is 0 Å². The van der Waals surface area contributed by atoms with Gasteiger partial charge in [-0.15, -0.1) is 0 Å². The number of nitrogens with zero attached hydrogens (tertiary/aromatic N) is 2. The second-order valence-corrected chi connectivity index (χ2v) is 5.33. The molecule has 0 aliphatic heterocycles. The lowest BCUT2D eigenvalue weighted by Crippen LogP contribution is -1.94. The molecular weight excluding hydrogens is 230 g/mol. The Morgan fingerprint density at radius 3 is 2.47 bits per heavy atom. The highest BCUT2D eigenvalue weighted by atomic mass is 32.2. The predicted molar refractivity (Wildman–Crippen MR) is 72.4 cm³/mol. The third-order valence-electron chi connectivity index (χ3n) is 2.75. The van der Waals surface area contributed by atoms with Crippen LogP contribution in [0.2, 0.25) is 0 Å². The van der Waals surface area contributed by atoms with Crippen LogP contribution in [-0.2, 0) is 7.05 Å².